The van der Waals surface area contributed by atoms with Crippen molar-refractivity contribution in [3.8, 4) is 0 Å². The molecule has 23 heavy (non-hydrogen) atoms. The molecular weight excluding hydrogens is 295 g/mol. The third-order valence-corrected chi connectivity index (χ3v) is 4.03. The fourth-order valence-corrected chi connectivity index (χ4v) is 2.54. The molecule has 4 rings (SSSR count). The number of nitrogens with two attached hydrogens (primary N) is 1. The fourth-order valence-electron chi connectivity index (χ4n) is 2.54. The zero-order chi connectivity index (χ0) is 15.8. The average Bonchev–Trinajstić information content (AvgIpc) is 3.33. The number of anilines is 1. The van der Waals surface area contributed by atoms with E-state index < -0.39 is 0 Å². The third-order valence-electron chi connectivity index (χ3n) is 4.03. The molecule has 118 valence electrons. The maximum Gasteiger partial charge on any atom is 0.178 e. The predicted molar refractivity (Wildman–Crippen MR) is 84.6 cm³/mol. The lowest BCUT2D eigenvalue weighted by atomic mass is 10.1. The summed E-state index contributed by atoms with van der Waals surface area (Å²) < 4.78 is 14.7. The highest BCUT2D eigenvalue weighted by Crippen LogP contribution is 2.38. The molecule has 0 radical (unpaired) electrons. The van der Waals surface area contributed by atoms with Crippen molar-refractivity contribution in [3.05, 3.63) is 53.6 Å². The maximum absolute atomic E-state index is 12.9. The van der Waals surface area contributed by atoms with Gasteiger partial charge in [-0.05, 0) is 42.7 Å². The van der Waals surface area contributed by atoms with Crippen LogP contribution in [0.15, 0.2) is 36.4 Å². The van der Waals surface area contributed by atoms with Crippen molar-refractivity contribution in [2.75, 3.05) is 11.9 Å². The number of hydrogen-bond donors (Lipinski definition) is 2. The first-order chi connectivity index (χ1) is 11.2. The molecule has 1 fully saturated rings. The van der Waals surface area contributed by atoms with Gasteiger partial charge in [-0.2, -0.15) is 4.52 Å². The number of benzene rings is 1. The van der Waals surface area contributed by atoms with E-state index in [1.54, 1.807) is 16.6 Å². The van der Waals surface area contributed by atoms with Gasteiger partial charge in [0.15, 0.2) is 11.5 Å². The topological polar surface area (TPSA) is 81.1 Å². The van der Waals surface area contributed by atoms with E-state index >= 15 is 0 Å². The van der Waals surface area contributed by atoms with Crippen LogP contribution in [0, 0.1) is 5.82 Å². The van der Waals surface area contributed by atoms with E-state index in [0.717, 1.165) is 35.7 Å². The van der Waals surface area contributed by atoms with Crippen molar-refractivity contribution < 1.29 is 4.39 Å². The van der Waals surface area contributed by atoms with Crippen molar-refractivity contribution >= 4 is 11.5 Å². The standard InChI is InChI=1S/C16H17FN6/c17-12-5-3-10(4-6-12)13(18)9-19-14-7-8-15-20-21-16(11-1-2-11)23(15)22-14/h3-8,11,13H,1-2,9,18H2,(H,19,22). The number of nitrogens with one attached hydrogen (secondary N) is 1. The third kappa shape index (κ3) is 2.87. The maximum atomic E-state index is 12.9. The van der Waals surface area contributed by atoms with E-state index in [1.807, 2.05) is 12.1 Å². The fraction of sp³-hybridized carbons (Fsp3) is 0.312. The molecule has 2 heterocycles. The zero-order valence-corrected chi connectivity index (χ0v) is 12.5. The Labute approximate surface area is 132 Å². The van der Waals surface area contributed by atoms with Gasteiger partial charge < -0.3 is 11.1 Å². The second-order valence-electron chi connectivity index (χ2n) is 5.86. The molecule has 3 N–H and O–H groups in total. The molecule has 1 atom stereocenters. The summed E-state index contributed by atoms with van der Waals surface area (Å²) in [6.45, 7) is 0.505. The van der Waals surface area contributed by atoms with Crippen LogP contribution in [0.5, 0.6) is 0 Å². The highest BCUT2D eigenvalue weighted by Gasteiger charge is 2.29. The molecule has 0 aliphatic heterocycles. The van der Waals surface area contributed by atoms with Crippen LogP contribution in [-0.2, 0) is 0 Å². The number of nitrogens with zero attached hydrogens (tertiary/aromatic N) is 4. The van der Waals surface area contributed by atoms with Crippen molar-refractivity contribution in [1.29, 1.82) is 0 Å². The Morgan fingerprint density at radius 1 is 1.17 bits per heavy atom. The van der Waals surface area contributed by atoms with Gasteiger partial charge in [-0.1, -0.05) is 12.1 Å². The summed E-state index contributed by atoms with van der Waals surface area (Å²) in [5.74, 6) is 1.86. The minimum absolute atomic E-state index is 0.239. The Kier molecular flexibility index (Phi) is 3.42. The van der Waals surface area contributed by atoms with Crippen LogP contribution >= 0.6 is 0 Å². The van der Waals surface area contributed by atoms with Crippen LogP contribution in [-0.4, -0.2) is 26.4 Å². The molecule has 0 amide bonds. The molecular formula is C16H17FN6. The Bertz CT molecular complexity index is 824. The first-order valence-corrected chi connectivity index (χ1v) is 7.68. The van der Waals surface area contributed by atoms with E-state index in [2.05, 4.69) is 20.6 Å². The Morgan fingerprint density at radius 2 is 1.96 bits per heavy atom. The highest BCUT2D eigenvalue weighted by molar-refractivity contribution is 5.44. The Balaban J connectivity index is 1.49. The van der Waals surface area contributed by atoms with Crippen molar-refractivity contribution in [2.45, 2.75) is 24.8 Å². The first kappa shape index (κ1) is 14.1. The van der Waals surface area contributed by atoms with Crippen LogP contribution in [0.25, 0.3) is 5.65 Å². The molecule has 0 bridgehead atoms. The van der Waals surface area contributed by atoms with Gasteiger partial charge in [-0.3, -0.25) is 0 Å². The van der Waals surface area contributed by atoms with Gasteiger partial charge in [0.1, 0.15) is 11.6 Å². The van der Waals surface area contributed by atoms with Crippen LogP contribution < -0.4 is 11.1 Å². The van der Waals surface area contributed by atoms with E-state index in [9.17, 15) is 4.39 Å². The number of aromatic nitrogens is 4. The lowest BCUT2D eigenvalue weighted by molar-refractivity contribution is 0.625. The number of hydrogen-bond acceptors (Lipinski definition) is 5. The quantitative estimate of drug-likeness (QED) is 0.755. The second kappa shape index (κ2) is 5.58. The number of rotatable bonds is 5. The number of halogens is 1. The van der Waals surface area contributed by atoms with Gasteiger partial charge in [-0.15, -0.1) is 15.3 Å². The van der Waals surface area contributed by atoms with Crippen molar-refractivity contribution in [2.24, 2.45) is 5.73 Å². The summed E-state index contributed by atoms with van der Waals surface area (Å²) in [5, 5.41) is 16.1. The van der Waals surface area contributed by atoms with E-state index in [4.69, 9.17) is 5.73 Å². The molecule has 1 aliphatic rings. The van der Waals surface area contributed by atoms with Crippen LogP contribution in [0.2, 0.25) is 0 Å². The molecule has 1 aromatic carbocycles. The average molecular weight is 312 g/mol. The lowest BCUT2D eigenvalue weighted by Gasteiger charge is -2.13. The normalized spacial score (nSPS) is 15.7. The summed E-state index contributed by atoms with van der Waals surface area (Å²) in [6, 6.07) is 9.73. The van der Waals surface area contributed by atoms with Gasteiger partial charge in [0.2, 0.25) is 0 Å². The predicted octanol–water partition coefficient (Wildman–Crippen LogP) is 2.25. The molecule has 2 aromatic heterocycles. The van der Waals surface area contributed by atoms with E-state index in [1.165, 1.54) is 12.1 Å². The number of fused-ring (bicyclic) bond motifs is 1. The van der Waals surface area contributed by atoms with Gasteiger partial charge in [0.05, 0.1) is 0 Å². The van der Waals surface area contributed by atoms with Crippen LogP contribution in [0.1, 0.15) is 36.2 Å². The Morgan fingerprint density at radius 3 is 2.70 bits per heavy atom. The Hall–Kier alpha value is -2.54. The van der Waals surface area contributed by atoms with Gasteiger partial charge in [0, 0.05) is 18.5 Å². The highest BCUT2D eigenvalue weighted by atomic mass is 19.1. The zero-order valence-electron chi connectivity index (χ0n) is 12.5. The monoisotopic (exact) mass is 312 g/mol. The summed E-state index contributed by atoms with van der Waals surface area (Å²) in [6.07, 6.45) is 2.30. The minimum atomic E-state index is -0.263. The van der Waals surface area contributed by atoms with E-state index in [-0.39, 0.29) is 11.9 Å². The second-order valence-corrected chi connectivity index (χ2v) is 5.86. The van der Waals surface area contributed by atoms with Crippen LogP contribution in [0.3, 0.4) is 0 Å². The molecule has 6 nitrogen and oxygen atoms in total. The molecule has 1 aliphatic carbocycles. The van der Waals surface area contributed by atoms with Crippen molar-refractivity contribution in [3.63, 3.8) is 0 Å². The molecule has 1 saturated carbocycles. The summed E-state index contributed by atoms with van der Waals surface area (Å²) in [7, 11) is 0. The van der Waals surface area contributed by atoms with Crippen LogP contribution in [0.4, 0.5) is 10.2 Å². The summed E-state index contributed by atoms with van der Waals surface area (Å²) >= 11 is 0. The summed E-state index contributed by atoms with van der Waals surface area (Å²) in [4.78, 5) is 0. The van der Waals surface area contributed by atoms with Gasteiger partial charge in [0.25, 0.3) is 0 Å². The van der Waals surface area contributed by atoms with Gasteiger partial charge >= 0.3 is 0 Å². The van der Waals surface area contributed by atoms with Crippen molar-refractivity contribution in [1.82, 2.24) is 19.8 Å². The smallest absolute Gasteiger partial charge is 0.178 e. The molecule has 0 saturated heterocycles. The molecule has 1 unspecified atom stereocenters. The molecule has 3 aromatic rings. The largest absolute Gasteiger partial charge is 0.367 e. The molecule has 0 spiro atoms. The van der Waals surface area contributed by atoms with E-state index in [0.29, 0.717) is 12.5 Å². The molecule has 7 heteroatoms. The first-order valence-electron chi connectivity index (χ1n) is 7.68. The minimum Gasteiger partial charge on any atom is -0.367 e. The lowest BCUT2D eigenvalue weighted by Crippen LogP contribution is -2.21. The SMILES string of the molecule is NC(CNc1ccc2nnc(C3CC3)n2n1)c1ccc(F)cc1. The van der Waals surface area contributed by atoms with Gasteiger partial charge in [-0.25, -0.2) is 4.39 Å². The summed E-state index contributed by atoms with van der Waals surface area (Å²) in [5.41, 5.74) is 7.76.